The van der Waals surface area contributed by atoms with Gasteiger partial charge in [-0.2, -0.15) is 0 Å². The van der Waals surface area contributed by atoms with Gasteiger partial charge in [0, 0.05) is 5.56 Å². The molecule has 0 saturated heterocycles. The van der Waals surface area contributed by atoms with Crippen molar-refractivity contribution >= 4 is 5.69 Å². The number of para-hydroxylation sites is 1. The second-order valence-electron chi connectivity index (χ2n) is 5.46. The van der Waals surface area contributed by atoms with Gasteiger partial charge in [0.25, 0.3) is 0 Å². The third-order valence-corrected chi connectivity index (χ3v) is 3.52. The van der Waals surface area contributed by atoms with Crippen LogP contribution < -0.4 is 4.90 Å². The third kappa shape index (κ3) is 7.75. The van der Waals surface area contributed by atoms with Crippen molar-refractivity contribution in [1.82, 2.24) is 0 Å². The Hall–Kier alpha value is -2.38. The van der Waals surface area contributed by atoms with Crippen LogP contribution in [-0.2, 0) is 6.54 Å². The summed E-state index contributed by atoms with van der Waals surface area (Å²) < 4.78 is 0. The zero-order chi connectivity index (χ0) is 17.6. The Labute approximate surface area is 147 Å². The molecule has 24 heavy (non-hydrogen) atoms. The Balaban J connectivity index is 0.000000268. The summed E-state index contributed by atoms with van der Waals surface area (Å²) in [5, 5.41) is 0. The molecule has 1 atom stereocenters. The Morgan fingerprint density at radius 3 is 1.46 bits per heavy atom. The van der Waals surface area contributed by atoms with Gasteiger partial charge in [0.2, 0.25) is 0 Å². The van der Waals surface area contributed by atoms with Crippen LogP contribution in [0.1, 0.15) is 25.0 Å². The highest BCUT2D eigenvalue weighted by molar-refractivity contribution is 5.28. The van der Waals surface area contributed by atoms with Gasteiger partial charge in [-0.15, -0.1) is 0 Å². The van der Waals surface area contributed by atoms with E-state index in [0.717, 1.165) is 6.54 Å². The van der Waals surface area contributed by atoms with Crippen LogP contribution in [0, 0.1) is 6.92 Å². The van der Waals surface area contributed by atoms with Gasteiger partial charge in [-0.25, -0.2) is 0 Å². The first-order chi connectivity index (χ1) is 11.8. The number of benzene rings is 3. The van der Waals surface area contributed by atoms with Crippen LogP contribution in [0.3, 0.4) is 0 Å². The van der Waals surface area contributed by atoms with Gasteiger partial charge in [-0.1, -0.05) is 98.3 Å². The summed E-state index contributed by atoms with van der Waals surface area (Å²) in [6.45, 7) is 7.12. The second kappa shape index (κ2) is 12.1. The summed E-state index contributed by atoms with van der Waals surface area (Å²) in [5.74, 6) is 0. The molecule has 3 rings (SSSR count). The number of nitrogens with one attached hydrogen (secondary N) is 1. The highest BCUT2D eigenvalue weighted by atomic mass is 15.1. The van der Waals surface area contributed by atoms with E-state index in [1.54, 1.807) is 0 Å². The van der Waals surface area contributed by atoms with Crippen LogP contribution in [0.2, 0.25) is 0 Å². The van der Waals surface area contributed by atoms with Crippen molar-refractivity contribution < 1.29 is 4.90 Å². The molecule has 0 radical (unpaired) electrons. The first-order valence-electron chi connectivity index (χ1n) is 8.69. The highest BCUT2D eigenvalue weighted by Crippen LogP contribution is 2.01. The fourth-order valence-electron chi connectivity index (χ4n) is 2.26. The minimum Gasteiger partial charge on any atom is -0.301 e. The number of aryl methyl sites for hydroxylation is 1. The van der Waals surface area contributed by atoms with Crippen molar-refractivity contribution in [2.24, 2.45) is 0 Å². The highest BCUT2D eigenvalue weighted by Gasteiger charge is 2.05. The summed E-state index contributed by atoms with van der Waals surface area (Å²) in [7, 11) is 2.20. The first-order valence-corrected chi connectivity index (χ1v) is 8.69. The molecule has 0 spiro atoms. The molecule has 1 heteroatoms. The molecule has 1 N–H and O–H groups in total. The molecule has 0 saturated carbocycles. The second-order valence-corrected chi connectivity index (χ2v) is 5.46. The van der Waals surface area contributed by atoms with Crippen molar-refractivity contribution in [2.45, 2.75) is 27.3 Å². The van der Waals surface area contributed by atoms with Crippen LogP contribution in [0.4, 0.5) is 5.69 Å². The molecule has 126 valence electrons. The van der Waals surface area contributed by atoms with Gasteiger partial charge in [-0.05, 0) is 19.1 Å². The van der Waals surface area contributed by atoms with E-state index in [2.05, 4.69) is 86.8 Å². The van der Waals surface area contributed by atoms with E-state index >= 15 is 0 Å². The largest absolute Gasteiger partial charge is 0.301 e. The summed E-state index contributed by atoms with van der Waals surface area (Å²) in [4.78, 5) is 1.42. The summed E-state index contributed by atoms with van der Waals surface area (Å²) in [6.07, 6.45) is 0. The SMILES string of the molecule is CC.C[NH+](Cc1ccccc1)c1ccccc1.Cc1ccccc1. The van der Waals surface area contributed by atoms with Crippen molar-refractivity contribution in [3.05, 3.63) is 102 Å². The van der Waals surface area contributed by atoms with Crippen molar-refractivity contribution in [2.75, 3.05) is 7.05 Å². The van der Waals surface area contributed by atoms with E-state index in [0.29, 0.717) is 0 Å². The molecule has 3 aromatic rings. The maximum Gasteiger partial charge on any atom is 0.131 e. The van der Waals surface area contributed by atoms with E-state index in [4.69, 9.17) is 0 Å². The van der Waals surface area contributed by atoms with E-state index in [9.17, 15) is 0 Å². The van der Waals surface area contributed by atoms with E-state index < -0.39 is 0 Å². The van der Waals surface area contributed by atoms with Crippen molar-refractivity contribution in [1.29, 1.82) is 0 Å². The zero-order valence-corrected chi connectivity index (χ0v) is 15.4. The van der Waals surface area contributed by atoms with Gasteiger partial charge < -0.3 is 4.90 Å². The van der Waals surface area contributed by atoms with Gasteiger partial charge in [0.1, 0.15) is 12.2 Å². The monoisotopic (exact) mass is 320 g/mol. The Morgan fingerprint density at radius 2 is 1.04 bits per heavy atom. The van der Waals surface area contributed by atoms with Crippen LogP contribution in [-0.4, -0.2) is 7.05 Å². The topological polar surface area (TPSA) is 4.44 Å². The molecule has 1 nitrogen and oxygen atoms in total. The maximum absolute atomic E-state index is 2.20. The van der Waals surface area contributed by atoms with Crippen LogP contribution in [0.25, 0.3) is 0 Å². The maximum atomic E-state index is 2.20. The predicted octanol–water partition coefficient (Wildman–Crippen LogP) is 5.05. The number of hydrogen-bond donors (Lipinski definition) is 1. The van der Waals surface area contributed by atoms with Crippen LogP contribution >= 0.6 is 0 Å². The summed E-state index contributed by atoms with van der Waals surface area (Å²) in [5.41, 5.74) is 4.03. The molecule has 0 aliphatic rings. The molecule has 0 fully saturated rings. The molecule has 0 aromatic heterocycles. The molecule has 3 aromatic carbocycles. The average Bonchev–Trinajstić information content (AvgIpc) is 2.66. The summed E-state index contributed by atoms with van der Waals surface area (Å²) in [6, 6.07) is 31.4. The van der Waals surface area contributed by atoms with Crippen molar-refractivity contribution in [3.63, 3.8) is 0 Å². The Morgan fingerprint density at radius 1 is 0.625 bits per heavy atom. The average molecular weight is 320 g/mol. The molecule has 1 unspecified atom stereocenters. The lowest BCUT2D eigenvalue weighted by Gasteiger charge is -2.13. The molecular weight excluding hydrogens is 290 g/mol. The Bertz CT molecular complexity index is 633. The molecular formula is C23H30N+. The fraction of sp³-hybridized carbons (Fsp3) is 0.217. The fourth-order valence-corrected chi connectivity index (χ4v) is 2.26. The molecule has 0 aliphatic heterocycles. The normalized spacial score (nSPS) is 10.5. The number of hydrogen-bond acceptors (Lipinski definition) is 0. The predicted molar refractivity (Wildman–Crippen MR) is 106 cm³/mol. The van der Waals surface area contributed by atoms with E-state index in [1.165, 1.54) is 21.7 Å². The standard InChI is InChI=1S/C14H15N.C7H8.C2H6/c1-15(14-10-6-3-7-11-14)12-13-8-4-2-5-9-13;1-7-5-3-2-4-6-7;1-2/h2-11H,12H2,1H3;2-6H,1H3;1-2H3/p+1. The Kier molecular flexibility index (Phi) is 9.91. The third-order valence-electron chi connectivity index (χ3n) is 3.52. The quantitative estimate of drug-likeness (QED) is 0.688. The minimum atomic E-state index is 1.03. The molecule has 0 bridgehead atoms. The lowest BCUT2D eigenvalue weighted by Crippen LogP contribution is -3.02. The lowest BCUT2D eigenvalue weighted by molar-refractivity contribution is -0.825. The van der Waals surface area contributed by atoms with Crippen molar-refractivity contribution in [3.8, 4) is 0 Å². The van der Waals surface area contributed by atoms with Crippen LogP contribution in [0.15, 0.2) is 91.0 Å². The molecule has 0 amide bonds. The van der Waals surface area contributed by atoms with Gasteiger partial charge in [0.05, 0.1) is 7.05 Å². The van der Waals surface area contributed by atoms with Gasteiger partial charge >= 0.3 is 0 Å². The smallest absolute Gasteiger partial charge is 0.131 e. The summed E-state index contributed by atoms with van der Waals surface area (Å²) >= 11 is 0. The van der Waals surface area contributed by atoms with E-state index in [1.807, 2.05) is 32.0 Å². The minimum absolute atomic E-state index is 1.03. The van der Waals surface area contributed by atoms with Gasteiger partial charge in [-0.3, -0.25) is 0 Å². The first kappa shape index (κ1) is 19.7. The van der Waals surface area contributed by atoms with Crippen LogP contribution in [0.5, 0.6) is 0 Å². The van der Waals surface area contributed by atoms with E-state index in [-0.39, 0.29) is 0 Å². The van der Waals surface area contributed by atoms with Gasteiger partial charge in [0.15, 0.2) is 0 Å². The lowest BCUT2D eigenvalue weighted by atomic mass is 10.2. The zero-order valence-electron chi connectivity index (χ0n) is 15.4. The molecule has 0 heterocycles. The molecule has 0 aliphatic carbocycles. The number of quaternary nitrogens is 1. The number of rotatable bonds is 3.